The van der Waals surface area contributed by atoms with Gasteiger partial charge >= 0.3 is 0 Å². The number of hydrazone groups is 1. The Morgan fingerprint density at radius 2 is 1.56 bits per heavy atom. The van der Waals surface area contributed by atoms with Crippen molar-refractivity contribution in [1.82, 2.24) is 5.43 Å². The zero-order valence-electron chi connectivity index (χ0n) is 18.5. The lowest BCUT2D eigenvalue weighted by atomic mass is 10.1. The minimum absolute atomic E-state index is 0.211. The number of ether oxygens (including phenoxy) is 3. The summed E-state index contributed by atoms with van der Waals surface area (Å²) in [6, 6.07) is 14.5. The molecule has 0 saturated carbocycles. The molecule has 0 radical (unpaired) electrons. The molecule has 3 aromatic rings. The van der Waals surface area contributed by atoms with Crippen LogP contribution in [0, 0.1) is 0 Å². The van der Waals surface area contributed by atoms with Crippen molar-refractivity contribution in [2.24, 2.45) is 5.10 Å². The van der Waals surface area contributed by atoms with E-state index in [1.54, 1.807) is 42.5 Å². The van der Waals surface area contributed by atoms with Crippen molar-refractivity contribution in [2.75, 3.05) is 26.6 Å². The van der Waals surface area contributed by atoms with E-state index in [0.717, 1.165) is 0 Å². The van der Waals surface area contributed by atoms with E-state index in [4.69, 9.17) is 37.4 Å². The van der Waals surface area contributed by atoms with Crippen LogP contribution in [0.2, 0.25) is 10.0 Å². The molecule has 10 heteroatoms. The predicted octanol–water partition coefficient (Wildman–Crippen LogP) is 5.04. The minimum atomic E-state index is -0.526. The van der Waals surface area contributed by atoms with E-state index in [0.29, 0.717) is 38.5 Å². The standard InChI is InChI=1S/C24H21Cl2N3O5/c1-32-20-10-15(11-21(33-2)22(20)34-3)23(30)28-19-7-5-4-6-17(19)24(31)29-27-13-14-8-9-16(25)12-18(14)26/h4-13H,1-3H3,(H,28,30)(H,29,31)/b27-13-. The van der Waals surface area contributed by atoms with Gasteiger partial charge in [0.25, 0.3) is 11.8 Å². The summed E-state index contributed by atoms with van der Waals surface area (Å²) in [7, 11) is 4.38. The lowest BCUT2D eigenvalue weighted by Crippen LogP contribution is -2.21. The summed E-state index contributed by atoms with van der Waals surface area (Å²) < 4.78 is 15.9. The van der Waals surface area contributed by atoms with Crippen molar-refractivity contribution in [3.63, 3.8) is 0 Å². The molecule has 2 N–H and O–H groups in total. The van der Waals surface area contributed by atoms with Crippen LogP contribution in [0.25, 0.3) is 0 Å². The first-order valence-corrected chi connectivity index (χ1v) is 10.6. The van der Waals surface area contributed by atoms with Crippen LogP contribution in [0.5, 0.6) is 17.2 Å². The first-order chi connectivity index (χ1) is 16.4. The number of hydrogen-bond acceptors (Lipinski definition) is 6. The van der Waals surface area contributed by atoms with E-state index in [2.05, 4.69) is 15.8 Å². The largest absolute Gasteiger partial charge is 0.493 e. The van der Waals surface area contributed by atoms with Gasteiger partial charge in [-0.15, -0.1) is 0 Å². The SMILES string of the molecule is COc1cc(C(=O)Nc2ccccc2C(=O)N/N=C\c2ccc(Cl)cc2Cl)cc(OC)c1OC. The summed E-state index contributed by atoms with van der Waals surface area (Å²) in [5.41, 5.74) is 3.76. The van der Waals surface area contributed by atoms with Gasteiger partial charge in [-0.1, -0.05) is 41.4 Å². The van der Waals surface area contributed by atoms with Gasteiger partial charge in [-0.2, -0.15) is 5.10 Å². The number of nitrogens with zero attached hydrogens (tertiary/aromatic N) is 1. The second kappa shape index (κ2) is 11.4. The monoisotopic (exact) mass is 501 g/mol. The third kappa shape index (κ3) is 5.78. The van der Waals surface area contributed by atoms with E-state index < -0.39 is 11.8 Å². The van der Waals surface area contributed by atoms with Crippen LogP contribution in [0.3, 0.4) is 0 Å². The number of benzene rings is 3. The fourth-order valence-electron chi connectivity index (χ4n) is 3.02. The van der Waals surface area contributed by atoms with Gasteiger partial charge < -0.3 is 19.5 Å². The molecule has 0 spiro atoms. The molecule has 3 rings (SSSR count). The fraction of sp³-hybridized carbons (Fsp3) is 0.125. The van der Waals surface area contributed by atoms with Crippen LogP contribution >= 0.6 is 23.2 Å². The normalized spacial score (nSPS) is 10.6. The van der Waals surface area contributed by atoms with E-state index >= 15 is 0 Å². The molecule has 0 unspecified atom stereocenters. The van der Waals surface area contributed by atoms with Crippen LogP contribution in [0.15, 0.2) is 59.7 Å². The molecular formula is C24H21Cl2N3O5. The first-order valence-electron chi connectivity index (χ1n) is 9.86. The quantitative estimate of drug-likeness (QED) is 0.333. The Morgan fingerprint density at radius 1 is 0.882 bits per heavy atom. The number of halogens is 2. The van der Waals surface area contributed by atoms with Crippen LogP contribution in [-0.2, 0) is 0 Å². The molecule has 0 aliphatic carbocycles. The number of anilines is 1. The highest BCUT2D eigenvalue weighted by atomic mass is 35.5. The van der Waals surface area contributed by atoms with Crippen molar-refractivity contribution in [2.45, 2.75) is 0 Å². The topological polar surface area (TPSA) is 98.2 Å². The molecule has 0 atom stereocenters. The predicted molar refractivity (Wildman–Crippen MR) is 132 cm³/mol. The Balaban J connectivity index is 1.79. The zero-order chi connectivity index (χ0) is 24.7. The Kier molecular flexibility index (Phi) is 8.34. The van der Waals surface area contributed by atoms with Crippen LogP contribution in [0.1, 0.15) is 26.3 Å². The van der Waals surface area contributed by atoms with E-state index in [1.165, 1.54) is 39.7 Å². The van der Waals surface area contributed by atoms with Crippen LogP contribution in [0.4, 0.5) is 5.69 Å². The van der Waals surface area contributed by atoms with Crippen molar-refractivity contribution in [3.05, 3.63) is 81.3 Å². The summed E-state index contributed by atoms with van der Waals surface area (Å²) >= 11 is 12.0. The molecule has 0 bridgehead atoms. The molecule has 0 fully saturated rings. The van der Waals surface area contributed by atoms with E-state index in [9.17, 15) is 9.59 Å². The lowest BCUT2D eigenvalue weighted by Gasteiger charge is -2.15. The Morgan fingerprint density at radius 3 is 2.18 bits per heavy atom. The molecule has 0 aliphatic heterocycles. The molecule has 0 saturated heterocycles. The number of hydrogen-bond donors (Lipinski definition) is 2. The van der Waals surface area contributed by atoms with Gasteiger partial charge in [-0.05, 0) is 36.4 Å². The number of carbonyl (C=O) groups is 2. The van der Waals surface area contributed by atoms with Crippen molar-refractivity contribution in [1.29, 1.82) is 0 Å². The summed E-state index contributed by atoms with van der Waals surface area (Å²) in [5, 5.41) is 7.55. The zero-order valence-corrected chi connectivity index (χ0v) is 20.0. The highest BCUT2D eigenvalue weighted by molar-refractivity contribution is 6.36. The summed E-state index contributed by atoms with van der Waals surface area (Å²) in [4.78, 5) is 25.6. The maximum Gasteiger partial charge on any atom is 0.273 e. The Bertz CT molecular complexity index is 1220. The van der Waals surface area contributed by atoms with Crippen LogP contribution < -0.4 is 25.0 Å². The third-order valence-corrected chi connectivity index (χ3v) is 5.24. The van der Waals surface area contributed by atoms with Gasteiger partial charge in [0.15, 0.2) is 11.5 Å². The summed E-state index contributed by atoms with van der Waals surface area (Å²) in [5.74, 6) is 0.0134. The number of para-hydroxylation sites is 1. The number of nitrogens with one attached hydrogen (secondary N) is 2. The molecule has 34 heavy (non-hydrogen) atoms. The molecule has 0 aliphatic rings. The maximum absolute atomic E-state index is 12.9. The number of rotatable bonds is 8. The summed E-state index contributed by atoms with van der Waals surface area (Å²) in [6.07, 6.45) is 1.40. The average molecular weight is 502 g/mol. The smallest absolute Gasteiger partial charge is 0.273 e. The van der Waals surface area contributed by atoms with Gasteiger partial charge in [0.2, 0.25) is 5.75 Å². The molecular weight excluding hydrogens is 481 g/mol. The molecule has 2 amide bonds. The number of carbonyl (C=O) groups excluding carboxylic acids is 2. The van der Waals surface area contributed by atoms with Gasteiger partial charge in [0.05, 0.1) is 43.8 Å². The van der Waals surface area contributed by atoms with Gasteiger partial charge in [-0.3, -0.25) is 9.59 Å². The average Bonchev–Trinajstić information content (AvgIpc) is 2.84. The summed E-state index contributed by atoms with van der Waals surface area (Å²) in [6.45, 7) is 0. The molecule has 8 nitrogen and oxygen atoms in total. The van der Waals surface area contributed by atoms with E-state index in [1.807, 2.05) is 0 Å². The highest BCUT2D eigenvalue weighted by Gasteiger charge is 2.19. The number of methoxy groups -OCH3 is 3. The van der Waals surface area contributed by atoms with Crippen LogP contribution in [-0.4, -0.2) is 39.4 Å². The lowest BCUT2D eigenvalue weighted by molar-refractivity contribution is 0.0956. The van der Waals surface area contributed by atoms with Gasteiger partial charge in [-0.25, -0.2) is 5.43 Å². The number of amides is 2. The second-order valence-electron chi connectivity index (χ2n) is 6.78. The Hall–Kier alpha value is -3.75. The fourth-order valence-corrected chi connectivity index (χ4v) is 3.48. The molecule has 3 aromatic carbocycles. The van der Waals surface area contributed by atoms with Crippen molar-refractivity contribution in [3.8, 4) is 17.2 Å². The molecule has 176 valence electrons. The van der Waals surface area contributed by atoms with Crippen molar-refractivity contribution < 1.29 is 23.8 Å². The Labute approximate surface area is 206 Å². The van der Waals surface area contributed by atoms with Crippen molar-refractivity contribution >= 4 is 46.9 Å². The van der Waals surface area contributed by atoms with Gasteiger partial charge in [0, 0.05) is 16.1 Å². The highest BCUT2D eigenvalue weighted by Crippen LogP contribution is 2.38. The first kappa shape index (κ1) is 24.9. The maximum atomic E-state index is 12.9. The second-order valence-corrected chi connectivity index (χ2v) is 7.62. The third-order valence-electron chi connectivity index (χ3n) is 4.68. The minimum Gasteiger partial charge on any atom is -0.493 e. The molecule has 0 aromatic heterocycles. The van der Waals surface area contributed by atoms with Gasteiger partial charge in [0.1, 0.15) is 0 Å². The van der Waals surface area contributed by atoms with E-state index in [-0.39, 0.29) is 11.1 Å². The molecule has 0 heterocycles.